The minimum atomic E-state index is -0.742. The molecule has 1 unspecified atom stereocenters. The first kappa shape index (κ1) is 14.9. The van der Waals surface area contributed by atoms with Crippen molar-refractivity contribution in [2.75, 3.05) is 30.5 Å². The van der Waals surface area contributed by atoms with Gasteiger partial charge in [0.2, 0.25) is 11.8 Å². The van der Waals surface area contributed by atoms with Crippen LogP contribution >= 0.6 is 0 Å². The number of anilines is 1. The Morgan fingerprint density at radius 3 is 2.89 bits per heavy atom. The molecule has 1 aromatic rings. The molecule has 0 aliphatic carbocycles. The number of rotatable bonds is 8. The maximum Gasteiger partial charge on any atom is 0.226 e. The highest BCUT2D eigenvalue weighted by molar-refractivity contribution is 7.84. The third-order valence-corrected chi connectivity index (χ3v) is 3.04. The van der Waals surface area contributed by atoms with Crippen molar-refractivity contribution in [1.82, 2.24) is 9.97 Å². The van der Waals surface area contributed by atoms with Gasteiger partial charge in [0.25, 0.3) is 0 Å². The molecule has 1 aromatic heterocycles. The molecule has 0 saturated carbocycles. The minimum absolute atomic E-state index is 0.572. The summed E-state index contributed by atoms with van der Waals surface area (Å²) in [5.74, 6) is 1.87. The summed E-state index contributed by atoms with van der Waals surface area (Å²) in [7, 11) is -0.742. The van der Waals surface area contributed by atoms with E-state index in [0.29, 0.717) is 24.2 Å². The Balaban J connectivity index is 2.48. The van der Waals surface area contributed by atoms with Gasteiger partial charge in [0.05, 0.1) is 6.61 Å². The van der Waals surface area contributed by atoms with E-state index in [1.165, 1.54) is 0 Å². The van der Waals surface area contributed by atoms with Crippen molar-refractivity contribution in [1.29, 1.82) is 0 Å². The van der Waals surface area contributed by atoms with Crippen molar-refractivity contribution in [2.24, 2.45) is 0 Å². The van der Waals surface area contributed by atoms with Gasteiger partial charge in [-0.25, -0.2) is 4.98 Å². The van der Waals surface area contributed by atoms with Crippen molar-refractivity contribution in [3.8, 4) is 5.88 Å². The second kappa shape index (κ2) is 8.02. The van der Waals surface area contributed by atoms with Crippen LogP contribution in [-0.2, 0) is 10.8 Å². The smallest absolute Gasteiger partial charge is 0.226 e. The van der Waals surface area contributed by atoms with E-state index in [1.54, 1.807) is 6.26 Å². The fraction of sp³-hybridized carbons (Fsp3) is 0.667. The van der Waals surface area contributed by atoms with Gasteiger partial charge in [-0.3, -0.25) is 4.21 Å². The molecule has 0 spiro atoms. The molecule has 1 N–H and O–H groups in total. The summed E-state index contributed by atoms with van der Waals surface area (Å²) >= 11 is 0. The Bertz CT molecular complexity index is 399. The molecule has 5 nitrogen and oxygen atoms in total. The van der Waals surface area contributed by atoms with Gasteiger partial charge in [0, 0.05) is 41.1 Å². The highest BCUT2D eigenvalue weighted by atomic mass is 32.2. The zero-order valence-electron chi connectivity index (χ0n) is 11.2. The van der Waals surface area contributed by atoms with Crippen LogP contribution in [0.2, 0.25) is 0 Å². The number of ether oxygens (including phenoxy) is 1. The van der Waals surface area contributed by atoms with Crippen molar-refractivity contribution >= 4 is 16.7 Å². The Kier molecular flexibility index (Phi) is 6.64. The van der Waals surface area contributed by atoms with Crippen LogP contribution in [0.4, 0.5) is 5.95 Å². The zero-order chi connectivity index (χ0) is 13.4. The van der Waals surface area contributed by atoms with Gasteiger partial charge in [-0.2, -0.15) is 4.98 Å². The van der Waals surface area contributed by atoms with Crippen LogP contribution in [0.25, 0.3) is 0 Å². The molecule has 0 aliphatic rings. The first-order valence-electron chi connectivity index (χ1n) is 6.14. The van der Waals surface area contributed by atoms with E-state index in [0.717, 1.165) is 25.1 Å². The van der Waals surface area contributed by atoms with E-state index in [9.17, 15) is 4.21 Å². The molecule has 0 radical (unpaired) electrons. The summed E-state index contributed by atoms with van der Waals surface area (Å²) in [6.07, 6.45) is 3.50. The van der Waals surface area contributed by atoms with E-state index < -0.39 is 10.8 Å². The van der Waals surface area contributed by atoms with Crippen molar-refractivity contribution in [3.05, 3.63) is 11.8 Å². The van der Waals surface area contributed by atoms with Crippen LogP contribution in [0, 0.1) is 6.92 Å². The zero-order valence-corrected chi connectivity index (χ0v) is 12.0. The number of hydrogen-bond acceptors (Lipinski definition) is 5. The molecule has 102 valence electrons. The lowest BCUT2D eigenvalue weighted by atomic mass is 10.4. The molecule has 0 amide bonds. The van der Waals surface area contributed by atoms with E-state index in [-0.39, 0.29) is 0 Å². The SMILES string of the molecule is CCCOc1cc(C)nc(NCCCS(C)=O)n1. The van der Waals surface area contributed by atoms with E-state index >= 15 is 0 Å². The molecule has 1 rings (SSSR count). The summed E-state index contributed by atoms with van der Waals surface area (Å²) in [5.41, 5.74) is 0.873. The Morgan fingerprint density at radius 2 is 2.22 bits per heavy atom. The number of aromatic nitrogens is 2. The molecule has 1 heterocycles. The molecule has 0 fully saturated rings. The van der Waals surface area contributed by atoms with E-state index in [4.69, 9.17) is 4.74 Å². The number of hydrogen-bond donors (Lipinski definition) is 1. The summed E-state index contributed by atoms with van der Waals surface area (Å²) < 4.78 is 16.4. The number of nitrogens with one attached hydrogen (secondary N) is 1. The minimum Gasteiger partial charge on any atom is -0.478 e. The lowest BCUT2D eigenvalue weighted by molar-refractivity contribution is 0.305. The maximum absolute atomic E-state index is 10.9. The Labute approximate surface area is 111 Å². The van der Waals surface area contributed by atoms with Crippen LogP contribution in [-0.4, -0.2) is 39.3 Å². The van der Waals surface area contributed by atoms with Crippen LogP contribution in [0.15, 0.2) is 6.07 Å². The standard InChI is InChI=1S/C12H21N3O2S/c1-4-7-17-11-9-10(2)14-12(15-11)13-6-5-8-18(3)16/h9H,4-8H2,1-3H3,(H,13,14,15). The van der Waals surface area contributed by atoms with Gasteiger partial charge in [0.15, 0.2) is 0 Å². The average molecular weight is 271 g/mol. The lowest BCUT2D eigenvalue weighted by Gasteiger charge is -2.08. The molecular weight excluding hydrogens is 250 g/mol. The molecule has 0 aromatic carbocycles. The summed E-state index contributed by atoms with van der Waals surface area (Å²) in [6.45, 7) is 5.34. The third kappa shape index (κ3) is 5.95. The fourth-order valence-corrected chi connectivity index (χ4v) is 1.93. The van der Waals surface area contributed by atoms with Gasteiger partial charge in [0.1, 0.15) is 0 Å². The van der Waals surface area contributed by atoms with Crippen molar-refractivity contribution in [2.45, 2.75) is 26.7 Å². The van der Waals surface area contributed by atoms with Crippen molar-refractivity contribution < 1.29 is 8.95 Å². The summed E-state index contributed by atoms with van der Waals surface area (Å²) in [5, 5.41) is 3.12. The van der Waals surface area contributed by atoms with Gasteiger partial charge in [-0.15, -0.1) is 0 Å². The van der Waals surface area contributed by atoms with Gasteiger partial charge < -0.3 is 10.1 Å². The Hall–Kier alpha value is -1.17. The first-order valence-corrected chi connectivity index (χ1v) is 7.87. The molecule has 0 aliphatic heterocycles. The largest absolute Gasteiger partial charge is 0.478 e. The third-order valence-electron chi connectivity index (χ3n) is 2.18. The molecule has 6 heteroatoms. The van der Waals surface area contributed by atoms with E-state index in [1.807, 2.05) is 13.0 Å². The van der Waals surface area contributed by atoms with Crippen LogP contribution in [0.5, 0.6) is 5.88 Å². The molecule has 0 saturated heterocycles. The highest BCUT2D eigenvalue weighted by Gasteiger charge is 2.02. The average Bonchev–Trinajstić information content (AvgIpc) is 2.31. The molecule has 1 atom stereocenters. The normalized spacial score (nSPS) is 12.2. The van der Waals surface area contributed by atoms with Crippen LogP contribution < -0.4 is 10.1 Å². The predicted molar refractivity (Wildman–Crippen MR) is 74.6 cm³/mol. The molecule has 0 bridgehead atoms. The summed E-state index contributed by atoms with van der Waals surface area (Å²) in [6, 6.07) is 1.82. The van der Waals surface area contributed by atoms with Crippen molar-refractivity contribution in [3.63, 3.8) is 0 Å². The second-order valence-electron chi connectivity index (χ2n) is 4.08. The van der Waals surface area contributed by atoms with Crippen LogP contribution in [0.1, 0.15) is 25.5 Å². The van der Waals surface area contributed by atoms with Gasteiger partial charge >= 0.3 is 0 Å². The highest BCUT2D eigenvalue weighted by Crippen LogP contribution is 2.12. The Morgan fingerprint density at radius 1 is 1.44 bits per heavy atom. The number of nitrogens with zero attached hydrogens (tertiary/aromatic N) is 2. The number of aryl methyl sites for hydroxylation is 1. The second-order valence-corrected chi connectivity index (χ2v) is 5.63. The topological polar surface area (TPSA) is 64.1 Å². The maximum atomic E-state index is 10.9. The van der Waals surface area contributed by atoms with Crippen LogP contribution in [0.3, 0.4) is 0 Å². The first-order chi connectivity index (χ1) is 8.61. The van der Waals surface area contributed by atoms with Gasteiger partial charge in [-0.05, 0) is 19.8 Å². The monoisotopic (exact) mass is 271 g/mol. The molecule has 18 heavy (non-hydrogen) atoms. The lowest BCUT2D eigenvalue weighted by Crippen LogP contribution is -2.10. The molecular formula is C12H21N3O2S. The summed E-state index contributed by atoms with van der Waals surface area (Å²) in [4.78, 5) is 8.55. The quantitative estimate of drug-likeness (QED) is 0.730. The van der Waals surface area contributed by atoms with E-state index in [2.05, 4.69) is 22.2 Å². The van der Waals surface area contributed by atoms with Gasteiger partial charge in [-0.1, -0.05) is 6.92 Å². The predicted octanol–water partition coefficient (Wildman–Crippen LogP) is 1.75. The fourth-order valence-electron chi connectivity index (χ4n) is 1.37.